The summed E-state index contributed by atoms with van der Waals surface area (Å²) in [6.07, 6.45) is 2.05. The number of carbonyl (C=O) groups is 1. The molecule has 0 saturated heterocycles. The van der Waals surface area contributed by atoms with Gasteiger partial charge in [-0.2, -0.15) is 0 Å². The van der Waals surface area contributed by atoms with E-state index in [1.54, 1.807) is 4.57 Å². The van der Waals surface area contributed by atoms with Crippen molar-refractivity contribution in [2.75, 3.05) is 18.8 Å². The highest BCUT2D eigenvalue weighted by molar-refractivity contribution is 7.99. The number of aromatic nitrogens is 2. The van der Waals surface area contributed by atoms with Crippen molar-refractivity contribution in [3.8, 4) is 5.69 Å². The fraction of sp³-hybridized carbons (Fsp3) is 0.409. The van der Waals surface area contributed by atoms with Crippen LogP contribution < -0.4 is 5.56 Å². The summed E-state index contributed by atoms with van der Waals surface area (Å²) in [4.78, 5) is 32.5. The van der Waals surface area contributed by atoms with Gasteiger partial charge in [-0.15, -0.1) is 11.3 Å². The van der Waals surface area contributed by atoms with E-state index >= 15 is 0 Å². The number of benzene rings is 1. The molecule has 29 heavy (non-hydrogen) atoms. The van der Waals surface area contributed by atoms with E-state index in [9.17, 15) is 9.59 Å². The van der Waals surface area contributed by atoms with Crippen LogP contribution in [0.1, 0.15) is 37.8 Å². The third kappa shape index (κ3) is 4.73. The SMILES string of the molecule is CCCCN(CC)C(=O)CSc1nc2ccsc2c(=O)n1-c1ccc(C)c(C)c1. The fourth-order valence-corrected chi connectivity index (χ4v) is 4.78. The van der Waals surface area contributed by atoms with Crippen molar-refractivity contribution < 1.29 is 4.79 Å². The van der Waals surface area contributed by atoms with Gasteiger partial charge in [0.1, 0.15) is 4.70 Å². The van der Waals surface area contributed by atoms with Gasteiger partial charge in [0.15, 0.2) is 5.16 Å². The minimum atomic E-state index is -0.0819. The molecule has 0 fully saturated rings. The van der Waals surface area contributed by atoms with Crippen molar-refractivity contribution in [3.63, 3.8) is 0 Å². The first-order chi connectivity index (χ1) is 14.0. The largest absolute Gasteiger partial charge is 0.342 e. The summed E-state index contributed by atoms with van der Waals surface area (Å²) in [5.74, 6) is 0.349. The number of unbranched alkanes of at least 4 members (excludes halogenated alkanes) is 1. The molecular formula is C22H27N3O2S2. The molecule has 0 atom stereocenters. The smallest absolute Gasteiger partial charge is 0.276 e. The van der Waals surface area contributed by atoms with Gasteiger partial charge in [0.2, 0.25) is 5.91 Å². The maximum atomic E-state index is 13.2. The van der Waals surface area contributed by atoms with Crippen molar-refractivity contribution in [1.29, 1.82) is 0 Å². The maximum absolute atomic E-state index is 13.2. The molecule has 3 aromatic rings. The zero-order chi connectivity index (χ0) is 21.0. The summed E-state index contributed by atoms with van der Waals surface area (Å²) in [5, 5.41) is 2.44. The van der Waals surface area contributed by atoms with E-state index in [1.807, 2.05) is 55.3 Å². The predicted molar refractivity (Wildman–Crippen MR) is 123 cm³/mol. The quantitative estimate of drug-likeness (QED) is 0.381. The number of hydrogen-bond acceptors (Lipinski definition) is 5. The average Bonchev–Trinajstić information content (AvgIpc) is 3.18. The molecule has 154 valence electrons. The normalized spacial score (nSPS) is 11.2. The Morgan fingerprint density at radius 3 is 2.69 bits per heavy atom. The van der Waals surface area contributed by atoms with Gasteiger partial charge in [-0.05, 0) is 61.9 Å². The zero-order valence-electron chi connectivity index (χ0n) is 17.4. The van der Waals surface area contributed by atoms with Crippen LogP contribution in [0.15, 0.2) is 39.6 Å². The molecule has 7 heteroatoms. The molecule has 0 spiro atoms. The minimum absolute atomic E-state index is 0.0808. The second-order valence-corrected chi connectivity index (χ2v) is 8.91. The maximum Gasteiger partial charge on any atom is 0.276 e. The van der Waals surface area contributed by atoms with Gasteiger partial charge >= 0.3 is 0 Å². The molecule has 0 unspecified atom stereocenters. The first-order valence-electron chi connectivity index (χ1n) is 9.94. The average molecular weight is 430 g/mol. The van der Waals surface area contributed by atoms with Gasteiger partial charge in [-0.1, -0.05) is 31.2 Å². The Bertz CT molecular complexity index is 1070. The second kappa shape index (κ2) is 9.59. The standard InChI is InChI=1S/C22H27N3O2S2/c1-5-7-11-24(6-2)19(26)14-29-22-23-18-10-12-28-20(18)21(27)25(22)17-9-8-15(3)16(4)13-17/h8-10,12-13H,5-7,11,14H2,1-4H3. The lowest BCUT2D eigenvalue weighted by atomic mass is 10.1. The third-order valence-corrected chi connectivity index (χ3v) is 6.85. The highest BCUT2D eigenvalue weighted by Gasteiger charge is 2.18. The molecule has 0 aliphatic rings. The number of rotatable bonds is 8. The lowest BCUT2D eigenvalue weighted by Gasteiger charge is -2.20. The summed E-state index contributed by atoms with van der Waals surface area (Å²) < 4.78 is 2.28. The Morgan fingerprint density at radius 2 is 2.00 bits per heavy atom. The molecular weight excluding hydrogens is 402 g/mol. The number of fused-ring (bicyclic) bond motifs is 1. The summed E-state index contributed by atoms with van der Waals surface area (Å²) in [7, 11) is 0. The number of aryl methyl sites for hydroxylation is 2. The van der Waals surface area contributed by atoms with Crippen LogP contribution in [0.3, 0.4) is 0 Å². The zero-order valence-corrected chi connectivity index (χ0v) is 19.0. The van der Waals surface area contributed by atoms with Crippen molar-refractivity contribution in [2.24, 2.45) is 0 Å². The van der Waals surface area contributed by atoms with Gasteiger partial charge in [0, 0.05) is 13.1 Å². The summed E-state index contributed by atoms with van der Waals surface area (Å²) in [6, 6.07) is 7.82. The van der Waals surface area contributed by atoms with Gasteiger partial charge in [-0.25, -0.2) is 4.98 Å². The van der Waals surface area contributed by atoms with Crippen LogP contribution in [0, 0.1) is 13.8 Å². The van der Waals surface area contributed by atoms with Crippen LogP contribution in [-0.2, 0) is 4.79 Å². The summed E-state index contributed by atoms with van der Waals surface area (Å²) in [5.41, 5.74) is 3.68. The molecule has 2 aromatic heterocycles. The van der Waals surface area contributed by atoms with E-state index in [-0.39, 0.29) is 17.2 Å². The van der Waals surface area contributed by atoms with Crippen LogP contribution in [0.5, 0.6) is 0 Å². The third-order valence-electron chi connectivity index (χ3n) is 5.04. The monoisotopic (exact) mass is 429 g/mol. The number of thiophene rings is 1. The van der Waals surface area contributed by atoms with Crippen molar-refractivity contribution in [3.05, 3.63) is 51.1 Å². The molecule has 0 aliphatic carbocycles. The van der Waals surface area contributed by atoms with Crippen molar-refractivity contribution in [1.82, 2.24) is 14.5 Å². The molecule has 0 radical (unpaired) electrons. The Hall–Kier alpha value is -2.12. The first kappa shape index (κ1) is 21.6. The predicted octanol–water partition coefficient (Wildman–Crippen LogP) is 4.80. The molecule has 2 heterocycles. The van der Waals surface area contributed by atoms with E-state index in [4.69, 9.17) is 4.98 Å². The van der Waals surface area contributed by atoms with E-state index in [2.05, 4.69) is 6.92 Å². The molecule has 3 rings (SSSR count). The first-order valence-corrected chi connectivity index (χ1v) is 11.8. The van der Waals surface area contributed by atoms with Crippen LogP contribution in [0.2, 0.25) is 0 Å². The molecule has 0 aliphatic heterocycles. The molecule has 1 aromatic carbocycles. The van der Waals surface area contributed by atoms with E-state index in [0.717, 1.165) is 30.6 Å². The lowest BCUT2D eigenvalue weighted by Crippen LogP contribution is -2.33. The Kier molecular flexibility index (Phi) is 7.14. The van der Waals surface area contributed by atoms with E-state index in [1.165, 1.54) is 28.7 Å². The number of amides is 1. The number of hydrogen-bond donors (Lipinski definition) is 0. The topological polar surface area (TPSA) is 55.2 Å². The minimum Gasteiger partial charge on any atom is -0.342 e. The molecule has 0 bridgehead atoms. The Morgan fingerprint density at radius 1 is 1.21 bits per heavy atom. The highest BCUT2D eigenvalue weighted by atomic mass is 32.2. The molecule has 5 nitrogen and oxygen atoms in total. The van der Waals surface area contributed by atoms with Gasteiger partial charge in [0.05, 0.1) is 17.0 Å². The Balaban J connectivity index is 1.97. The van der Waals surface area contributed by atoms with Gasteiger partial charge < -0.3 is 4.90 Å². The molecule has 0 saturated carbocycles. The van der Waals surface area contributed by atoms with Crippen LogP contribution >= 0.6 is 23.1 Å². The Labute approximate surface area is 179 Å². The molecule has 1 amide bonds. The second-order valence-electron chi connectivity index (χ2n) is 7.05. The van der Waals surface area contributed by atoms with E-state index in [0.29, 0.717) is 21.9 Å². The highest BCUT2D eigenvalue weighted by Crippen LogP contribution is 2.25. The van der Waals surface area contributed by atoms with Crippen LogP contribution in [-0.4, -0.2) is 39.2 Å². The van der Waals surface area contributed by atoms with Crippen molar-refractivity contribution in [2.45, 2.75) is 45.7 Å². The fourth-order valence-electron chi connectivity index (χ4n) is 3.11. The van der Waals surface area contributed by atoms with E-state index < -0.39 is 0 Å². The van der Waals surface area contributed by atoms with Crippen LogP contribution in [0.25, 0.3) is 15.9 Å². The number of thioether (sulfide) groups is 1. The van der Waals surface area contributed by atoms with Crippen LogP contribution in [0.4, 0.5) is 0 Å². The lowest BCUT2D eigenvalue weighted by molar-refractivity contribution is -0.128. The van der Waals surface area contributed by atoms with Gasteiger partial charge in [0.25, 0.3) is 5.56 Å². The molecule has 0 N–H and O–H groups in total. The van der Waals surface area contributed by atoms with Gasteiger partial charge in [-0.3, -0.25) is 14.2 Å². The number of nitrogens with zero attached hydrogens (tertiary/aromatic N) is 3. The van der Waals surface area contributed by atoms with Crippen molar-refractivity contribution >= 4 is 39.2 Å². The number of carbonyl (C=O) groups excluding carboxylic acids is 1. The summed E-state index contributed by atoms with van der Waals surface area (Å²) in [6.45, 7) is 9.67. The summed E-state index contributed by atoms with van der Waals surface area (Å²) >= 11 is 2.74.